The van der Waals surface area contributed by atoms with Crippen LogP contribution >= 0.6 is 11.6 Å². The lowest BCUT2D eigenvalue weighted by Crippen LogP contribution is -2.26. The largest absolute Gasteiger partial charge is 0.463 e. The number of allylic oxidation sites excluding steroid dienone is 2. The summed E-state index contributed by atoms with van der Waals surface area (Å²) in [6.07, 6.45) is 0. The van der Waals surface area contributed by atoms with E-state index in [1.807, 2.05) is 6.07 Å². The van der Waals surface area contributed by atoms with Gasteiger partial charge in [0.25, 0.3) is 5.69 Å². The molecule has 9 heteroatoms. The molecule has 1 aliphatic heterocycles. The van der Waals surface area contributed by atoms with E-state index in [4.69, 9.17) is 26.8 Å². The van der Waals surface area contributed by atoms with E-state index in [1.54, 1.807) is 13.0 Å². The molecule has 2 rings (SSSR count). The minimum atomic E-state index is -0.966. The number of hydrogen-bond donors (Lipinski definition) is 1. The van der Waals surface area contributed by atoms with Gasteiger partial charge in [0.1, 0.15) is 17.4 Å². The predicted octanol–water partition coefficient (Wildman–Crippen LogP) is 2.46. The molecule has 0 aliphatic carbocycles. The summed E-state index contributed by atoms with van der Waals surface area (Å²) < 4.78 is 10.3. The Balaban J connectivity index is 2.69. The van der Waals surface area contributed by atoms with Crippen molar-refractivity contribution in [1.29, 1.82) is 5.26 Å². The lowest BCUT2D eigenvalue weighted by atomic mass is 9.83. The number of esters is 1. The Morgan fingerprint density at radius 2 is 2.28 bits per heavy atom. The maximum atomic E-state index is 12.4. The molecule has 0 bridgehead atoms. The SMILES string of the molecule is CCOC(=O)C1=C(CCl)OC(N)=C(C#N)[C@@H]1c1cccc([N+](=O)[O-])c1. The third-order valence-corrected chi connectivity index (χ3v) is 3.77. The van der Waals surface area contributed by atoms with E-state index >= 15 is 0 Å². The van der Waals surface area contributed by atoms with Crippen molar-refractivity contribution in [2.75, 3.05) is 12.5 Å². The Morgan fingerprint density at radius 1 is 1.56 bits per heavy atom. The second kappa shape index (κ2) is 7.68. The average molecular weight is 364 g/mol. The molecule has 0 unspecified atom stereocenters. The Kier molecular flexibility index (Phi) is 5.62. The first kappa shape index (κ1) is 18.3. The molecule has 0 saturated heterocycles. The van der Waals surface area contributed by atoms with Crippen molar-refractivity contribution in [1.82, 2.24) is 0 Å². The van der Waals surface area contributed by atoms with Crippen molar-refractivity contribution >= 4 is 23.3 Å². The number of carbonyl (C=O) groups is 1. The molecular formula is C16H14ClN3O5. The van der Waals surface area contributed by atoms with E-state index in [1.165, 1.54) is 18.2 Å². The van der Waals surface area contributed by atoms with Crippen molar-refractivity contribution in [3.63, 3.8) is 0 Å². The van der Waals surface area contributed by atoms with Gasteiger partial charge >= 0.3 is 5.97 Å². The molecule has 0 saturated carbocycles. The van der Waals surface area contributed by atoms with Crippen LogP contribution in [0.2, 0.25) is 0 Å². The lowest BCUT2D eigenvalue weighted by Gasteiger charge is -2.27. The number of alkyl halides is 1. The van der Waals surface area contributed by atoms with Gasteiger partial charge in [-0.1, -0.05) is 12.1 Å². The fourth-order valence-electron chi connectivity index (χ4n) is 2.50. The quantitative estimate of drug-likeness (QED) is 0.368. The van der Waals surface area contributed by atoms with E-state index in [-0.39, 0.29) is 41.0 Å². The number of rotatable bonds is 5. The highest BCUT2D eigenvalue weighted by molar-refractivity contribution is 6.19. The molecule has 0 fully saturated rings. The third-order valence-electron chi connectivity index (χ3n) is 3.53. The van der Waals surface area contributed by atoms with Gasteiger partial charge < -0.3 is 15.2 Å². The van der Waals surface area contributed by atoms with Crippen LogP contribution in [0, 0.1) is 21.4 Å². The first-order valence-electron chi connectivity index (χ1n) is 7.22. The highest BCUT2D eigenvalue weighted by atomic mass is 35.5. The summed E-state index contributed by atoms with van der Waals surface area (Å²) in [5.74, 6) is -2.03. The summed E-state index contributed by atoms with van der Waals surface area (Å²) in [4.78, 5) is 22.9. The van der Waals surface area contributed by atoms with Gasteiger partial charge in [0.15, 0.2) is 0 Å². The first-order valence-corrected chi connectivity index (χ1v) is 7.76. The standard InChI is InChI=1S/C16H14ClN3O5/c1-2-24-16(21)14-12(7-17)25-15(19)11(8-18)13(14)9-4-3-5-10(6-9)20(22)23/h3-6,13H,2,7,19H2,1H3/t13-/m0/s1. The summed E-state index contributed by atoms with van der Waals surface area (Å²) in [6, 6.07) is 7.48. The Labute approximate surface area is 148 Å². The number of ether oxygens (including phenoxy) is 2. The summed E-state index contributed by atoms with van der Waals surface area (Å²) in [5, 5.41) is 20.5. The maximum Gasteiger partial charge on any atom is 0.338 e. The molecule has 0 spiro atoms. The zero-order valence-corrected chi connectivity index (χ0v) is 13.9. The fraction of sp³-hybridized carbons (Fsp3) is 0.250. The summed E-state index contributed by atoms with van der Waals surface area (Å²) >= 11 is 5.85. The van der Waals surface area contributed by atoms with Gasteiger partial charge in [0, 0.05) is 12.1 Å². The van der Waals surface area contributed by atoms with Gasteiger partial charge in [-0.15, -0.1) is 11.6 Å². The molecule has 1 aliphatic rings. The van der Waals surface area contributed by atoms with Crippen molar-refractivity contribution in [2.24, 2.45) is 5.73 Å². The molecule has 0 amide bonds. The number of nitro benzene ring substituents is 1. The maximum absolute atomic E-state index is 12.4. The van der Waals surface area contributed by atoms with Gasteiger partial charge in [-0.25, -0.2) is 4.79 Å². The topological polar surface area (TPSA) is 128 Å². The minimum Gasteiger partial charge on any atom is -0.463 e. The van der Waals surface area contributed by atoms with Crippen molar-refractivity contribution < 1.29 is 19.2 Å². The molecule has 8 nitrogen and oxygen atoms in total. The minimum absolute atomic E-state index is 0.00287. The van der Waals surface area contributed by atoms with E-state index in [2.05, 4.69) is 0 Å². The van der Waals surface area contributed by atoms with E-state index in [9.17, 15) is 20.2 Å². The van der Waals surface area contributed by atoms with Crippen LogP contribution in [0.5, 0.6) is 0 Å². The molecular weight excluding hydrogens is 350 g/mol. The van der Waals surface area contributed by atoms with E-state index < -0.39 is 16.8 Å². The van der Waals surface area contributed by atoms with Crippen LogP contribution in [0.25, 0.3) is 0 Å². The van der Waals surface area contributed by atoms with Gasteiger partial charge in [0.2, 0.25) is 5.88 Å². The van der Waals surface area contributed by atoms with Crippen LogP contribution in [0.1, 0.15) is 18.4 Å². The molecule has 1 aromatic carbocycles. The van der Waals surface area contributed by atoms with Crippen LogP contribution in [-0.2, 0) is 14.3 Å². The highest BCUT2D eigenvalue weighted by Crippen LogP contribution is 2.40. The second-order valence-electron chi connectivity index (χ2n) is 4.97. The number of carbonyl (C=O) groups excluding carboxylic acids is 1. The number of non-ortho nitro benzene ring substituents is 1. The molecule has 130 valence electrons. The molecule has 0 radical (unpaired) electrons. The van der Waals surface area contributed by atoms with Crippen LogP contribution in [0.4, 0.5) is 5.69 Å². The number of nitro groups is 1. The van der Waals surface area contributed by atoms with Crippen LogP contribution < -0.4 is 5.73 Å². The van der Waals surface area contributed by atoms with Crippen molar-refractivity contribution in [3.05, 3.63) is 62.7 Å². The van der Waals surface area contributed by atoms with E-state index in [0.29, 0.717) is 5.56 Å². The molecule has 1 atom stereocenters. The first-order chi connectivity index (χ1) is 11.9. The molecule has 25 heavy (non-hydrogen) atoms. The molecule has 1 heterocycles. The lowest BCUT2D eigenvalue weighted by molar-refractivity contribution is -0.384. The predicted molar refractivity (Wildman–Crippen MR) is 88.1 cm³/mol. The second-order valence-corrected chi connectivity index (χ2v) is 5.24. The molecule has 1 aromatic rings. The smallest absolute Gasteiger partial charge is 0.338 e. The number of halogens is 1. The molecule has 0 aromatic heterocycles. The van der Waals surface area contributed by atoms with Crippen molar-refractivity contribution in [2.45, 2.75) is 12.8 Å². The van der Waals surface area contributed by atoms with Gasteiger partial charge in [-0.3, -0.25) is 10.1 Å². The Bertz CT molecular complexity index is 825. The van der Waals surface area contributed by atoms with Crippen molar-refractivity contribution in [3.8, 4) is 6.07 Å². The van der Waals surface area contributed by atoms with Crippen LogP contribution in [0.15, 0.2) is 47.1 Å². The number of nitrogens with zero attached hydrogens (tertiary/aromatic N) is 2. The molecule has 2 N–H and O–H groups in total. The summed E-state index contributed by atoms with van der Waals surface area (Å²) in [6.45, 7) is 1.72. The number of hydrogen-bond acceptors (Lipinski definition) is 7. The number of nitrogens with two attached hydrogens (primary N) is 1. The van der Waals surface area contributed by atoms with E-state index in [0.717, 1.165) is 0 Å². The van der Waals surface area contributed by atoms with Gasteiger partial charge in [-0.05, 0) is 12.5 Å². The third kappa shape index (κ3) is 3.56. The Hall–Kier alpha value is -3.05. The monoisotopic (exact) mass is 363 g/mol. The van der Waals surface area contributed by atoms with Crippen LogP contribution in [0.3, 0.4) is 0 Å². The zero-order chi connectivity index (χ0) is 18.6. The van der Waals surface area contributed by atoms with Gasteiger partial charge in [-0.2, -0.15) is 5.26 Å². The summed E-state index contributed by atoms with van der Waals surface area (Å²) in [7, 11) is 0. The highest BCUT2D eigenvalue weighted by Gasteiger charge is 2.37. The zero-order valence-electron chi connectivity index (χ0n) is 13.2. The number of nitriles is 1. The number of benzene rings is 1. The average Bonchev–Trinajstić information content (AvgIpc) is 2.60. The van der Waals surface area contributed by atoms with Crippen LogP contribution in [-0.4, -0.2) is 23.4 Å². The van der Waals surface area contributed by atoms with Gasteiger partial charge in [0.05, 0.1) is 28.9 Å². The Morgan fingerprint density at radius 3 is 2.84 bits per heavy atom. The summed E-state index contributed by atoms with van der Waals surface area (Å²) in [5.41, 5.74) is 5.88. The normalized spacial score (nSPS) is 16.9. The fourth-order valence-corrected chi connectivity index (χ4v) is 2.70.